The van der Waals surface area contributed by atoms with Gasteiger partial charge in [0.15, 0.2) is 0 Å². The van der Waals surface area contributed by atoms with E-state index in [1.54, 1.807) is 36.7 Å². The number of hydrogen-bond donors (Lipinski definition) is 2. The average Bonchev–Trinajstić information content (AvgIpc) is 2.32. The maximum Gasteiger partial charge on any atom is 0.257 e. The standard InChI is InChI=1S/C13H13N3O/c1-9-6-7-15-8-12(9)16-13(17)10-4-2-3-5-11(10)14/h2-8H,14H2,1H3,(H,16,17). The van der Waals surface area contributed by atoms with Crippen molar-refractivity contribution in [2.45, 2.75) is 6.92 Å². The number of carbonyl (C=O) groups is 1. The minimum absolute atomic E-state index is 0.223. The van der Waals surface area contributed by atoms with E-state index in [0.717, 1.165) is 5.56 Å². The number of para-hydroxylation sites is 1. The molecule has 1 amide bonds. The lowest BCUT2D eigenvalue weighted by Gasteiger charge is -2.08. The molecule has 0 fully saturated rings. The quantitative estimate of drug-likeness (QED) is 0.773. The molecule has 0 aliphatic rings. The van der Waals surface area contributed by atoms with Gasteiger partial charge in [0.2, 0.25) is 0 Å². The van der Waals surface area contributed by atoms with Crippen molar-refractivity contribution < 1.29 is 4.79 Å². The third-order valence-electron chi connectivity index (χ3n) is 2.49. The monoisotopic (exact) mass is 227 g/mol. The highest BCUT2D eigenvalue weighted by atomic mass is 16.1. The molecule has 2 aromatic rings. The zero-order valence-corrected chi connectivity index (χ0v) is 9.47. The molecule has 1 aromatic carbocycles. The second-order valence-electron chi connectivity index (χ2n) is 3.73. The number of anilines is 2. The summed E-state index contributed by atoms with van der Waals surface area (Å²) >= 11 is 0. The molecular formula is C13H13N3O. The van der Waals surface area contributed by atoms with Crippen LogP contribution in [0.25, 0.3) is 0 Å². The van der Waals surface area contributed by atoms with Gasteiger partial charge in [0.25, 0.3) is 5.91 Å². The summed E-state index contributed by atoms with van der Waals surface area (Å²) < 4.78 is 0. The molecule has 0 atom stereocenters. The Bertz CT molecular complexity index is 552. The first-order chi connectivity index (χ1) is 8.18. The highest BCUT2D eigenvalue weighted by Gasteiger charge is 2.09. The lowest BCUT2D eigenvalue weighted by atomic mass is 10.1. The number of nitrogens with zero attached hydrogens (tertiary/aromatic N) is 1. The minimum atomic E-state index is -0.223. The minimum Gasteiger partial charge on any atom is -0.398 e. The maximum absolute atomic E-state index is 12.0. The molecule has 4 heteroatoms. The van der Waals surface area contributed by atoms with Crippen LogP contribution in [-0.4, -0.2) is 10.9 Å². The van der Waals surface area contributed by atoms with Gasteiger partial charge in [0.05, 0.1) is 17.4 Å². The molecule has 3 N–H and O–H groups in total. The Balaban J connectivity index is 2.24. The lowest BCUT2D eigenvalue weighted by Crippen LogP contribution is -2.14. The third kappa shape index (κ3) is 2.42. The Morgan fingerprint density at radius 3 is 2.76 bits per heavy atom. The fourth-order valence-electron chi connectivity index (χ4n) is 1.49. The van der Waals surface area contributed by atoms with Crippen molar-refractivity contribution >= 4 is 17.3 Å². The van der Waals surface area contributed by atoms with Crippen LogP contribution in [0, 0.1) is 6.92 Å². The van der Waals surface area contributed by atoms with E-state index in [4.69, 9.17) is 5.73 Å². The normalized spacial score (nSPS) is 9.94. The van der Waals surface area contributed by atoms with E-state index in [1.807, 2.05) is 13.0 Å². The maximum atomic E-state index is 12.0. The number of nitrogens with one attached hydrogen (secondary N) is 1. The number of carbonyl (C=O) groups excluding carboxylic acids is 1. The zero-order valence-electron chi connectivity index (χ0n) is 9.47. The van der Waals surface area contributed by atoms with E-state index in [1.165, 1.54) is 0 Å². The van der Waals surface area contributed by atoms with Crippen molar-refractivity contribution in [1.82, 2.24) is 4.98 Å². The summed E-state index contributed by atoms with van der Waals surface area (Å²) in [7, 11) is 0. The second-order valence-corrected chi connectivity index (χ2v) is 3.73. The number of pyridine rings is 1. The van der Waals surface area contributed by atoms with Gasteiger partial charge in [-0.15, -0.1) is 0 Å². The Kier molecular flexibility index (Phi) is 3.05. The number of nitrogen functional groups attached to an aromatic ring is 1. The van der Waals surface area contributed by atoms with Crippen LogP contribution >= 0.6 is 0 Å². The van der Waals surface area contributed by atoms with E-state index in [9.17, 15) is 4.79 Å². The Morgan fingerprint density at radius 1 is 1.29 bits per heavy atom. The summed E-state index contributed by atoms with van der Waals surface area (Å²) in [5.74, 6) is -0.223. The molecule has 0 unspecified atom stereocenters. The predicted octanol–water partition coefficient (Wildman–Crippen LogP) is 2.22. The van der Waals surface area contributed by atoms with E-state index in [2.05, 4.69) is 10.3 Å². The molecular weight excluding hydrogens is 214 g/mol. The third-order valence-corrected chi connectivity index (χ3v) is 2.49. The highest BCUT2D eigenvalue weighted by Crippen LogP contribution is 2.16. The van der Waals surface area contributed by atoms with Crippen LogP contribution in [0.5, 0.6) is 0 Å². The van der Waals surface area contributed by atoms with E-state index in [-0.39, 0.29) is 5.91 Å². The summed E-state index contributed by atoms with van der Waals surface area (Å²) in [5, 5.41) is 2.79. The second kappa shape index (κ2) is 4.65. The predicted molar refractivity (Wildman–Crippen MR) is 67.8 cm³/mol. The van der Waals surface area contributed by atoms with Crippen LogP contribution < -0.4 is 11.1 Å². The number of rotatable bonds is 2. The van der Waals surface area contributed by atoms with Crippen molar-refractivity contribution in [3.63, 3.8) is 0 Å². The van der Waals surface area contributed by atoms with Crippen molar-refractivity contribution in [2.24, 2.45) is 0 Å². The molecule has 0 aliphatic heterocycles. The molecule has 0 radical (unpaired) electrons. The summed E-state index contributed by atoms with van der Waals surface area (Å²) in [5.41, 5.74) is 8.33. The molecule has 0 saturated carbocycles. The molecule has 4 nitrogen and oxygen atoms in total. The van der Waals surface area contributed by atoms with Crippen molar-refractivity contribution in [1.29, 1.82) is 0 Å². The van der Waals surface area contributed by atoms with Gasteiger partial charge >= 0.3 is 0 Å². The Morgan fingerprint density at radius 2 is 2.06 bits per heavy atom. The van der Waals surface area contributed by atoms with Gasteiger partial charge in [-0.25, -0.2) is 0 Å². The molecule has 17 heavy (non-hydrogen) atoms. The molecule has 0 saturated heterocycles. The van der Waals surface area contributed by atoms with E-state index >= 15 is 0 Å². The highest BCUT2D eigenvalue weighted by molar-refractivity contribution is 6.07. The molecule has 1 aromatic heterocycles. The van der Waals surface area contributed by atoms with Gasteiger partial charge in [-0.05, 0) is 30.7 Å². The fourth-order valence-corrected chi connectivity index (χ4v) is 1.49. The number of amides is 1. The van der Waals surface area contributed by atoms with E-state index < -0.39 is 0 Å². The smallest absolute Gasteiger partial charge is 0.257 e. The van der Waals surface area contributed by atoms with Gasteiger partial charge in [0, 0.05) is 11.9 Å². The number of aromatic nitrogens is 1. The van der Waals surface area contributed by atoms with Crippen LogP contribution in [0.15, 0.2) is 42.7 Å². The van der Waals surface area contributed by atoms with Gasteiger partial charge in [-0.1, -0.05) is 12.1 Å². The number of nitrogens with two attached hydrogens (primary N) is 1. The topological polar surface area (TPSA) is 68.0 Å². The summed E-state index contributed by atoms with van der Waals surface area (Å²) in [6, 6.07) is 8.80. The first-order valence-corrected chi connectivity index (χ1v) is 5.25. The summed E-state index contributed by atoms with van der Waals surface area (Å²) in [4.78, 5) is 15.9. The average molecular weight is 227 g/mol. The Hall–Kier alpha value is -2.36. The number of hydrogen-bond acceptors (Lipinski definition) is 3. The van der Waals surface area contributed by atoms with Crippen LogP contribution in [0.1, 0.15) is 15.9 Å². The summed E-state index contributed by atoms with van der Waals surface area (Å²) in [6.07, 6.45) is 3.30. The molecule has 0 aliphatic carbocycles. The van der Waals surface area contributed by atoms with Gasteiger partial charge in [-0.2, -0.15) is 0 Å². The molecule has 1 heterocycles. The van der Waals surface area contributed by atoms with E-state index in [0.29, 0.717) is 16.9 Å². The van der Waals surface area contributed by atoms with Crippen LogP contribution in [0.3, 0.4) is 0 Å². The van der Waals surface area contributed by atoms with Gasteiger partial charge < -0.3 is 11.1 Å². The van der Waals surface area contributed by atoms with Crippen LogP contribution in [-0.2, 0) is 0 Å². The number of aryl methyl sites for hydroxylation is 1. The van der Waals surface area contributed by atoms with Crippen molar-refractivity contribution in [2.75, 3.05) is 11.1 Å². The summed E-state index contributed by atoms with van der Waals surface area (Å²) in [6.45, 7) is 1.91. The van der Waals surface area contributed by atoms with Crippen molar-refractivity contribution in [3.05, 3.63) is 53.9 Å². The number of benzene rings is 1. The van der Waals surface area contributed by atoms with Crippen molar-refractivity contribution in [3.8, 4) is 0 Å². The first-order valence-electron chi connectivity index (χ1n) is 5.25. The molecule has 86 valence electrons. The van der Waals surface area contributed by atoms with Crippen LogP contribution in [0.4, 0.5) is 11.4 Å². The Labute approximate surface area is 99.5 Å². The molecule has 2 rings (SSSR count). The zero-order chi connectivity index (χ0) is 12.3. The first kappa shape index (κ1) is 11.1. The fraction of sp³-hybridized carbons (Fsp3) is 0.0769. The SMILES string of the molecule is Cc1ccncc1NC(=O)c1ccccc1N. The van der Waals surface area contributed by atoms with Gasteiger partial charge in [0.1, 0.15) is 0 Å². The van der Waals surface area contributed by atoms with Gasteiger partial charge in [-0.3, -0.25) is 9.78 Å². The molecule has 0 spiro atoms. The molecule has 0 bridgehead atoms. The largest absolute Gasteiger partial charge is 0.398 e. The lowest BCUT2D eigenvalue weighted by molar-refractivity contribution is 0.102. The van der Waals surface area contributed by atoms with Crippen LogP contribution in [0.2, 0.25) is 0 Å².